The van der Waals surface area contributed by atoms with Crippen LogP contribution in [-0.2, 0) is 0 Å². The van der Waals surface area contributed by atoms with Gasteiger partial charge in [-0.05, 0) is 34.1 Å². The predicted molar refractivity (Wildman–Crippen MR) is 84.7 cm³/mol. The van der Waals surface area contributed by atoms with Crippen LogP contribution >= 0.6 is 15.9 Å². The Morgan fingerprint density at radius 2 is 1.48 bits per heavy atom. The highest BCUT2D eigenvalue weighted by Crippen LogP contribution is 2.42. The molecule has 2 N–H and O–H groups in total. The van der Waals surface area contributed by atoms with Crippen LogP contribution in [0.2, 0.25) is 0 Å². The van der Waals surface area contributed by atoms with E-state index in [-0.39, 0.29) is 0 Å². The van der Waals surface area contributed by atoms with Gasteiger partial charge in [-0.3, -0.25) is 0 Å². The van der Waals surface area contributed by atoms with Gasteiger partial charge in [-0.1, -0.05) is 0 Å². The second-order valence-corrected chi connectivity index (χ2v) is 5.01. The molecule has 0 heterocycles. The van der Waals surface area contributed by atoms with Crippen LogP contribution < -0.4 is 24.7 Å². The van der Waals surface area contributed by atoms with Gasteiger partial charge < -0.3 is 24.7 Å². The first-order chi connectivity index (χ1) is 10.1. The van der Waals surface area contributed by atoms with Gasteiger partial charge in [-0.15, -0.1) is 0 Å². The lowest BCUT2D eigenvalue weighted by Gasteiger charge is -2.15. The predicted octanol–water partition coefficient (Wildman–Crippen LogP) is 3.85. The van der Waals surface area contributed by atoms with Crippen molar-refractivity contribution in [3.05, 3.63) is 34.8 Å². The smallest absolute Gasteiger partial charge is 0.203 e. The van der Waals surface area contributed by atoms with E-state index < -0.39 is 0 Å². The quantitative estimate of drug-likeness (QED) is 0.827. The fourth-order valence-corrected chi connectivity index (χ4v) is 2.32. The molecule has 0 radical (unpaired) electrons. The number of nitrogens with two attached hydrogens (primary N) is 1. The Bertz CT molecular complexity index is 621. The minimum Gasteiger partial charge on any atom is -0.493 e. The number of anilines is 1. The molecular formula is C15H16BrNO4. The van der Waals surface area contributed by atoms with Crippen LogP contribution in [0.1, 0.15) is 0 Å². The lowest BCUT2D eigenvalue weighted by Crippen LogP contribution is -1.96. The Hall–Kier alpha value is -2.08. The monoisotopic (exact) mass is 353 g/mol. The molecule has 0 aromatic heterocycles. The summed E-state index contributed by atoms with van der Waals surface area (Å²) in [6.45, 7) is 0. The summed E-state index contributed by atoms with van der Waals surface area (Å²) in [6, 6.07) is 8.77. The van der Waals surface area contributed by atoms with Crippen LogP contribution in [0.25, 0.3) is 0 Å². The lowest BCUT2D eigenvalue weighted by atomic mass is 10.2. The van der Waals surface area contributed by atoms with Crippen LogP contribution in [-0.4, -0.2) is 21.3 Å². The standard InChI is InChI=1S/C15H16BrNO4/c1-18-13-7-10(8-14(19-2)15(13)20-3)21-12-5-4-9(17)6-11(12)16/h4-8H,17H2,1-3H3. The summed E-state index contributed by atoms with van der Waals surface area (Å²) < 4.78 is 22.4. The van der Waals surface area contributed by atoms with Crippen molar-refractivity contribution in [2.24, 2.45) is 0 Å². The number of hydrogen-bond acceptors (Lipinski definition) is 5. The third kappa shape index (κ3) is 3.33. The molecule has 2 aromatic rings. The number of nitrogen functional groups attached to an aromatic ring is 1. The summed E-state index contributed by atoms with van der Waals surface area (Å²) >= 11 is 3.41. The normalized spacial score (nSPS) is 10.1. The van der Waals surface area contributed by atoms with Crippen LogP contribution in [0.15, 0.2) is 34.8 Å². The van der Waals surface area contributed by atoms with E-state index >= 15 is 0 Å². The molecule has 21 heavy (non-hydrogen) atoms. The maximum Gasteiger partial charge on any atom is 0.203 e. The largest absolute Gasteiger partial charge is 0.493 e. The third-order valence-electron chi connectivity index (χ3n) is 2.82. The van der Waals surface area contributed by atoms with Gasteiger partial charge in [0, 0.05) is 17.8 Å². The van der Waals surface area contributed by atoms with Gasteiger partial charge in [0.25, 0.3) is 0 Å². The molecule has 0 aliphatic heterocycles. The number of ether oxygens (including phenoxy) is 4. The lowest BCUT2D eigenvalue weighted by molar-refractivity contribution is 0.321. The Morgan fingerprint density at radius 1 is 0.857 bits per heavy atom. The fraction of sp³-hybridized carbons (Fsp3) is 0.200. The molecule has 2 rings (SSSR count). The van der Waals surface area contributed by atoms with Crippen molar-refractivity contribution in [3.8, 4) is 28.7 Å². The van der Waals surface area contributed by atoms with Crippen molar-refractivity contribution in [1.82, 2.24) is 0 Å². The van der Waals surface area contributed by atoms with Gasteiger partial charge in [0.1, 0.15) is 11.5 Å². The minimum absolute atomic E-state index is 0.517. The number of benzene rings is 2. The number of methoxy groups -OCH3 is 3. The molecule has 2 aromatic carbocycles. The van der Waals surface area contributed by atoms with Crippen LogP contribution in [0.3, 0.4) is 0 Å². The summed E-state index contributed by atoms with van der Waals surface area (Å²) in [5.74, 6) is 2.77. The number of hydrogen-bond donors (Lipinski definition) is 1. The van der Waals surface area contributed by atoms with E-state index in [0.717, 1.165) is 4.47 Å². The van der Waals surface area contributed by atoms with E-state index in [4.69, 9.17) is 24.7 Å². The van der Waals surface area contributed by atoms with Crippen molar-refractivity contribution in [2.45, 2.75) is 0 Å². The molecule has 0 spiro atoms. The summed E-state index contributed by atoms with van der Waals surface area (Å²) in [5.41, 5.74) is 6.36. The molecule has 0 aliphatic rings. The molecule has 0 saturated carbocycles. The maximum atomic E-state index is 5.83. The second kappa shape index (κ2) is 6.58. The topological polar surface area (TPSA) is 62.9 Å². The van der Waals surface area contributed by atoms with Gasteiger partial charge in [0.05, 0.1) is 25.8 Å². The highest BCUT2D eigenvalue weighted by molar-refractivity contribution is 9.10. The van der Waals surface area contributed by atoms with E-state index in [1.165, 1.54) is 0 Å². The molecule has 6 heteroatoms. The first-order valence-electron chi connectivity index (χ1n) is 6.12. The third-order valence-corrected chi connectivity index (χ3v) is 3.44. The van der Waals surface area contributed by atoms with Gasteiger partial charge in [0.15, 0.2) is 11.5 Å². The first kappa shape index (κ1) is 15.3. The van der Waals surface area contributed by atoms with Crippen molar-refractivity contribution in [1.29, 1.82) is 0 Å². The first-order valence-corrected chi connectivity index (χ1v) is 6.91. The SMILES string of the molecule is COc1cc(Oc2ccc(N)cc2Br)cc(OC)c1OC. The molecule has 0 aliphatic carbocycles. The summed E-state index contributed by atoms with van der Waals surface area (Å²) in [7, 11) is 4.66. The molecule has 0 fully saturated rings. The summed E-state index contributed by atoms with van der Waals surface area (Å²) in [5, 5.41) is 0. The second-order valence-electron chi connectivity index (χ2n) is 4.15. The Labute approximate surface area is 131 Å². The van der Waals surface area contributed by atoms with Gasteiger partial charge in [-0.2, -0.15) is 0 Å². The molecular weight excluding hydrogens is 338 g/mol. The molecule has 0 atom stereocenters. The Balaban J connectivity index is 2.40. The summed E-state index contributed by atoms with van der Waals surface area (Å²) in [6.07, 6.45) is 0. The molecule has 0 saturated heterocycles. The zero-order valence-electron chi connectivity index (χ0n) is 12.0. The van der Waals surface area contributed by atoms with Gasteiger partial charge >= 0.3 is 0 Å². The average molecular weight is 354 g/mol. The van der Waals surface area contributed by atoms with E-state index in [1.807, 2.05) is 0 Å². The molecule has 0 unspecified atom stereocenters. The maximum absolute atomic E-state index is 5.83. The van der Waals surface area contributed by atoms with Crippen LogP contribution in [0.5, 0.6) is 28.7 Å². The van der Waals surface area contributed by atoms with Crippen molar-refractivity contribution in [2.75, 3.05) is 27.1 Å². The molecule has 112 valence electrons. The van der Waals surface area contributed by atoms with Crippen molar-refractivity contribution in [3.63, 3.8) is 0 Å². The number of halogens is 1. The van der Waals surface area contributed by atoms with Gasteiger partial charge in [0.2, 0.25) is 5.75 Å². The fourth-order valence-electron chi connectivity index (χ4n) is 1.84. The average Bonchev–Trinajstić information content (AvgIpc) is 2.49. The van der Waals surface area contributed by atoms with E-state index in [1.54, 1.807) is 51.7 Å². The Kier molecular flexibility index (Phi) is 4.80. The summed E-state index contributed by atoms with van der Waals surface area (Å²) in [4.78, 5) is 0. The molecule has 0 amide bonds. The highest BCUT2D eigenvalue weighted by Gasteiger charge is 2.15. The van der Waals surface area contributed by atoms with E-state index in [2.05, 4.69) is 15.9 Å². The minimum atomic E-state index is 0.517. The van der Waals surface area contributed by atoms with Gasteiger partial charge in [-0.25, -0.2) is 0 Å². The Morgan fingerprint density at radius 3 is 1.95 bits per heavy atom. The highest BCUT2D eigenvalue weighted by atomic mass is 79.9. The molecule has 5 nitrogen and oxygen atoms in total. The zero-order chi connectivity index (χ0) is 15.4. The van der Waals surface area contributed by atoms with Crippen molar-refractivity contribution < 1.29 is 18.9 Å². The van der Waals surface area contributed by atoms with E-state index in [0.29, 0.717) is 34.4 Å². The zero-order valence-corrected chi connectivity index (χ0v) is 13.6. The molecule has 0 bridgehead atoms. The van der Waals surface area contributed by atoms with Crippen molar-refractivity contribution >= 4 is 21.6 Å². The van der Waals surface area contributed by atoms with E-state index in [9.17, 15) is 0 Å². The number of rotatable bonds is 5. The van der Waals surface area contributed by atoms with Crippen LogP contribution in [0, 0.1) is 0 Å². The van der Waals surface area contributed by atoms with Crippen LogP contribution in [0.4, 0.5) is 5.69 Å².